The molecule has 1 heterocycles. The number of aromatic nitrogens is 2. The van der Waals surface area contributed by atoms with E-state index in [0.29, 0.717) is 27.9 Å². The maximum absolute atomic E-state index is 13.2. The summed E-state index contributed by atoms with van der Waals surface area (Å²) in [6, 6.07) is 20.6. The highest BCUT2D eigenvalue weighted by molar-refractivity contribution is 7.91. The smallest absolute Gasteiger partial charge is 0.239 e. The van der Waals surface area contributed by atoms with E-state index >= 15 is 0 Å². The fraction of sp³-hybridized carbons (Fsp3) is 0.0870. The Morgan fingerprint density at radius 2 is 1.29 bits per heavy atom. The highest BCUT2D eigenvalue weighted by Gasteiger charge is 2.25. The van der Waals surface area contributed by atoms with E-state index in [4.69, 9.17) is 21.1 Å². The molecule has 1 aromatic heterocycles. The van der Waals surface area contributed by atoms with Gasteiger partial charge in [-0.1, -0.05) is 11.6 Å². The van der Waals surface area contributed by atoms with Crippen molar-refractivity contribution in [1.29, 1.82) is 0 Å². The molecular formula is C23H19ClN2O4S. The van der Waals surface area contributed by atoms with Crippen molar-refractivity contribution in [3.8, 4) is 34.0 Å². The van der Waals surface area contributed by atoms with E-state index in [2.05, 4.69) is 9.97 Å². The van der Waals surface area contributed by atoms with Gasteiger partial charge < -0.3 is 14.5 Å². The van der Waals surface area contributed by atoms with E-state index < -0.39 is 9.84 Å². The van der Waals surface area contributed by atoms with Crippen molar-refractivity contribution in [3.05, 3.63) is 77.8 Å². The number of aromatic amines is 1. The van der Waals surface area contributed by atoms with Gasteiger partial charge in [-0.05, 0) is 72.8 Å². The first kappa shape index (κ1) is 21.0. The average molecular weight is 455 g/mol. The van der Waals surface area contributed by atoms with E-state index in [1.807, 2.05) is 24.3 Å². The maximum atomic E-state index is 13.2. The predicted octanol–water partition coefficient (Wildman–Crippen LogP) is 5.25. The summed E-state index contributed by atoms with van der Waals surface area (Å²) in [5, 5.41) is 0.308. The number of H-pyrrole nitrogens is 1. The number of nitrogens with one attached hydrogen (secondary N) is 1. The lowest BCUT2D eigenvalue weighted by Gasteiger charge is -2.06. The fourth-order valence-electron chi connectivity index (χ4n) is 3.13. The molecule has 0 saturated carbocycles. The molecule has 31 heavy (non-hydrogen) atoms. The summed E-state index contributed by atoms with van der Waals surface area (Å²) in [4.78, 5) is 7.59. The Hall–Kier alpha value is -3.29. The zero-order valence-electron chi connectivity index (χ0n) is 16.8. The number of benzene rings is 3. The number of hydrogen-bond acceptors (Lipinski definition) is 5. The molecule has 1 N–H and O–H groups in total. The summed E-state index contributed by atoms with van der Waals surface area (Å²) in [6.07, 6.45) is 0. The van der Waals surface area contributed by atoms with Crippen molar-refractivity contribution in [2.24, 2.45) is 0 Å². The Kier molecular flexibility index (Phi) is 5.71. The van der Waals surface area contributed by atoms with Crippen LogP contribution in [0.1, 0.15) is 0 Å². The zero-order chi connectivity index (χ0) is 22.0. The minimum Gasteiger partial charge on any atom is -0.497 e. The Morgan fingerprint density at radius 3 is 1.81 bits per heavy atom. The Labute approximate surface area is 185 Å². The van der Waals surface area contributed by atoms with Crippen LogP contribution in [0.2, 0.25) is 5.02 Å². The molecule has 0 bridgehead atoms. The molecule has 4 rings (SSSR count). The average Bonchev–Trinajstić information content (AvgIpc) is 3.26. The number of halogens is 1. The Morgan fingerprint density at radius 1 is 0.774 bits per heavy atom. The van der Waals surface area contributed by atoms with Crippen molar-refractivity contribution in [3.63, 3.8) is 0 Å². The van der Waals surface area contributed by atoms with Crippen molar-refractivity contribution >= 4 is 21.4 Å². The van der Waals surface area contributed by atoms with Crippen molar-refractivity contribution in [2.75, 3.05) is 14.2 Å². The van der Waals surface area contributed by atoms with Gasteiger partial charge in [-0.3, -0.25) is 0 Å². The minimum atomic E-state index is -3.87. The van der Waals surface area contributed by atoms with E-state index in [0.717, 1.165) is 11.1 Å². The van der Waals surface area contributed by atoms with E-state index in [-0.39, 0.29) is 10.1 Å². The van der Waals surface area contributed by atoms with Gasteiger partial charge in [0.1, 0.15) is 11.5 Å². The van der Waals surface area contributed by atoms with Crippen LogP contribution in [-0.4, -0.2) is 32.6 Å². The molecule has 0 atom stereocenters. The third-order valence-corrected chi connectivity index (χ3v) is 6.65. The number of ether oxygens (including phenoxy) is 2. The summed E-state index contributed by atoms with van der Waals surface area (Å²) in [6.45, 7) is 0. The summed E-state index contributed by atoms with van der Waals surface area (Å²) < 4.78 is 36.8. The molecule has 3 aromatic carbocycles. The molecule has 0 aliphatic heterocycles. The molecule has 0 unspecified atom stereocenters. The largest absolute Gasteiger partial charge is 0.497 e. The third kappa shape index (κ3) is 4.15. The highest BCUT2D eigenvalue weighted by atomic mass is 35.5. The van der Waals surface area contributed by atoms with Gasteiger partial charge in [0, 0.05) is 16.1 Å². The molecule has 158 valence electrons. The van der Waals surface area contributed by atoms with Crippen LogP contribution in [0.5, 0.6) is 11.5 Å². The van der Waals surface area contributed by atoms with Crippen LogP contribution in [0.4, 0.5) is 0 Å². The summed E-state index contributed by atoms with van der Waals surface area (Å²) in [5.41, 5.74) is 2.62. The first-order valence-electron chi connectivity index (χ1n) is 9.32. The molecule has 4 aromatic rings. The van der Waals surface area contributed by atoms with Crippen LogP contribution in [0, 0.1) is 0 Å². The van der Waals surface area contributed by atoms with Crippen molar-refractivity contribution in [2.45, 2.75) is 10.1 Å². The van der Waals surface area contributed by atoms with E-state index in [9.17, 15) is 8.42 Å². The molecule has 0 amide bonds. The van der Waals surface area contributed by atoms with Crippen LogP contribution in [0.15, 0.2) is 82.8 Å². The predicted molar refractivity (Wildman–Crippen MR) is 119 cm³/mol. The van der Waals surface area contributed by atoms with Crippen LogP contribution in [-0.2, 0) is 9.84 Å². The maximum Gasteiger partial charge on any atom is 0.239 e. The van der Waals surface area contributed by atoms with Gasteiger partial charge in [-0.15, -0.1) is 0 Å². The number of methoxy groups -OCH3 is 2. The molecular weight excluding hydrogens is 436 g/mol. The van der Waals surface area contributed by atoms with Gasteiger partial charge in [-0.2, -0.15) is 0 Å². The lowest BCUT2D eigenvalue weighted by atomic mass is 10.0. The molecule has 0 aliphatic rings. The molecule has 0 aliphatic carbocycles. The molecule has 0 fully saturated rings. The second-order valence-electron chi connectivity index (χ2n) is 6.68. The minimum absolute atomic E-state index is 0.105. The third-order valence-electron chi connectivity index (χ3n) is 4.80. The number of sulfone groups is 1. The van der Waals surface area contributed by atoms with Gasteiger partial charge >= 0.3 is 0 Å². The van der Waals surface area contributed by atoms with E-state index in [1.54, 1.807) is 38.5 Å². The fourth-order valence-corrected chi connectivity index (χ4v) is 4.42. The number of hydrogen-bond donors (Lipinski definition) is 1. The zero-order valence-corrected chi connectivity index (χ0v) is 18.4. The standard InChI is InChI=1S/C23H19ClN2O4S/c1-29-18-9-3-15(4-10-18)21-22(16-5-11-19(30-2)12-6-16)26-23(25-21)31(27,28)20-13-7-17(24)8-14-20/h3-14H,1-2H3,(H,25,26). The summed E-state index contributed by atoms with van der Waals surface area (Å²) in [5.74, 6) is 1.39. The number of rotatable bonds is 6. The van der Waals surface area contributed by atoms with Crippen LogP contribution >= 0.6 is 11.6 Å². The van der Waals surface area contributed by atoms with Gasteiger partial charge in [0.2, 0.25) is 15.0 Å². The summed E-state index contributed by atoms with van der Waals surface area (Å²) >= 11 is 5.91. The summed E-state index contributed by atoms with van der Waals surface area (Å²) in [7, 11) is -0.699. The molecule has 0 saturated heterocycles. The van der Waals surface area contributed by atoms with Crippen LogP contribution in [0.25, 0.3) is 22.5 Å². The quantitative estimate of drug-likeness (QED) is 0.430. The van der Waals surface area contributed by atoms with Crippen molar-refractivity contribution < 1.29 is 17.9 Å². The lowest BCUT2D eigenvalue weighted by molar-refractivity contribution is 0.414. The number of nitrogens with zero attached hydrogens (tertiary/aromatic N) is 1. The Balaban J connectivity index is 1.87. The monoisotopic (exact) mass is 454 g/mol. The molecule has 6 nitrogen and oxygen atoms in total. The second kappa shape index (κ2) is 8.45. The molecule has 8 heteroatoms. The molecule has 0 spiro atoms. The number of imidazole rings is 1. The highest BCUT2D eigenvalue weighted by Crippen LogP contribution is 2.34. The van der Waals surface area contributed by atoms with Gasteiger partial charge in [0.15, 0.2) is 0 Å². The van der Waals surface area contributed by atoms with Gasteiger partial charge in [-0.25, -0.2) is 13.4 Å². The topological polar surface area (TPSA) is 81.3 Å². The normalized spacial score (nSPS) is 11.3. The first-order chi connectivity index (χ1) is 14.9. The van der Waals surface area contributed by atoms with Crippen LogP contribution in [0.3, 0.4) is 0 Å². The molecule has 0 radical (unpaired) electrons. The second-order valence-corrected chi connectivity index (χ2v) is 8.98. The van der Waals surface area contributed by atoms with E-state index in [1.165, 1.54) is 24.3 Å². The van der Waals surface area contributed by atoms with Crippen molar-refractivity contribution in [1.82, 2.24) is 9.97 Å². The van der Waals surface area contributed by atoms with Gasteiger partial charge in [0.25, 0.3) is 0 Å². The van der Waals surface area contributed by atoms with Gasteiger partial charge in [0.05, 0.1) is 30.5 Å². The Bertz CT molecular complexity index is 1230. The SMILES string of the molecule is COc1ccc(-c2nc(S(=O)(=O)c3ccc(Cl)cc3)[nH]c2-c2ccc(OC)cc2)cc1. The first-order valence-corrected chi connectivity index (χ1v) is 11.2. The van der Waals surface area contributed by atoms with Crippen LogP contribution < -0.4 is 9.47 Å². The lowest BCUT2D eigenvalue weighted by Crippen LogP contribution is -2.04.